The van der Waals surface area contributed by atoms with E-state index in [4.69, 9.17) is 52.1 Å². The number of hydrogen-bond donors (Lipinski definition) is 0. The van der Waals surface area contributed by atoms with Gasteiger partial charge in [-0.15, -0.1) is 0 Å². The standard InChI is InChI=1S/C41H52O11/c1-40(2)47-27-33(50-40)34(36-37(38(42-5)43-6)52-41(3,4)51-36)49-39-35(46-25-30-20-14-9-15-21-30)32(45-24-29-18-12-8-13-19-29)22-31(48-39)26-44-23-28-16-10-7-11-17-28/h7-22,31,33-39H,23-27H2,1-6H3/t31-,33+,34+,35-,36-,37+,39-/m0/s1. The highest BCUT2D eigenvalue weighted by Crippen LogP contribution is 2.39. The smallest absolute Gasteiger partial charge is 0.192 e. The predicted molar refractivity (Wildman–Crippen MR) is 190 cm³/mol. The second-order valence-corrected chi connectivity index (χ2v) is 14.0. The number of benzene rings is 3. The lowest BCUT2D eigenvalue weighted by Gasteiger charge is -2.40. The van der Waals surface area contributed by atoms with Gasteiger partial charge in [-0.25, -0.2) is 0 Å². The number of rotatable bonds is 17. The number of ether oxygens (including phenoxy) is 11. The summed E-state index contributed by atoms with van der Waals surface area (Å²) in [5, 5.41) is 0. The minimum atomic E-state index is -0.987. The molecule has 6 rings (SSSR count). The van der Waals surface area contributed by atoms with Gasteiger partial charge in [0.25, 0.3) is 0 Å². The van der Waals surface area contributed by atoms with E-state index in [1.54, 1.807) is 14.2 Å². The van der Waals surface area contributed by atoms with Crippen LogP contribution in [0.15, 0.2) is 103 Å². The highest BCUT2D eigenvalue weighted by atomic mass is 16.8. The van der Waals surface area contributed by atoms with Gasteiger partial charge in [0.2, 0.25) is 0 Å². The number of methoxy groups -OCH3 is 2. The lowest BCUT2D eigenvalue weighted by Crippen LogP contribution is -2.55. The lowest BCUT2D eigenvalue weighted by molar-refractivity contribution is -0.286. The molecule has 3 aromatic carbocycles. The molecule has 0 aromatic heterocycles. The van der Waals surface area contributed by atoms with E-state index >= 15 is 0 Å². The van der Waals surface area contributed by atoms with Gasteiger partial charge >= 0.3 is 0 Å². The summed E-state index contributed by atoms with van der Waals surface area (Å²) >= 11 is 0. The van der Waals surface area contributed by atoms with Crippen LogP contribution in [0.25, 0.3) is 0 Å². The normalized spacial score (nSPS) is 27.4. The largest absolute Gasteiger partial charge is 0.491 e. The molecule has 2 fully saturated rings. The monoisotopic (exact) mass is 720 g/mol. The van der Waals surface area contributed by atoms with E-state index in [0.717, 1.165) is 16.7 Å². The van der Waals surface area contributed by atoms with E-state index < -0.39 is 60.8 Å². The maximum absolute atomic E-state index is 7.05. The van der Waals surface area contributed by atoms with Crippen molar-refractivity contribution >= 4 is 0 Å². The van der Waals surface area contributed by atoms with Crippen LogP contribution < -0.4 is 0 Å². The Hall–Kier alpha value is -3.20. The van der Waals surface area contributed by atoms with Crippen molar-refractivity contribution in [3.63, 3.8) is 0 Å². The zero-order valence-electron chi connectivity index (χ0n) is 30.9. The van der Waals surface area contributed by atoms with Crippen molar-refractivity contribution in [1.82, 2.24) is 0 Å². The zero-order valence-corrected chi connectivity index (χ0v) is 30.9. The van der Waals surface area contributed by atoms with E-state index in [9.17, 15) is 0 Å². The first-order valence-corrected chi connectivity index (χ1v) is 17.8. The lowest BCUT2D eigenvalue weighted by atomic mass is 10.0. The van der Waals surface area contributed by atoms with E-state index in [0.29, 0.717) is 19.0 Å². The van der Waals surface area contributed by atoms with Crippen LogP contribution in [0.3, 0.4) is 0 Å². The summed E-state index contributed by atoms with van der Waals surface area (Å²) in [6, 6.07) is 29.9. The van der Waals surface area contributed by atoms with E-state index in [-0.39, 0.29) is 19.8 Å². The van der Waals surface area contributed by atoms with Gasteiger partial charge in [0.1, 0.15) is 42.9 Å². The second-order valence-electron chi connectivity index (χ2n) is 14.0. The van der Waals surface area contributed by atoms with Crippen molar-refractivity contribution in [2.75, 3.05) is 27.4 Å². The Morgan fingerprint density at radius 1 is 0.692 bits per heavy atom. The maximum atomic E-state index is 7.05. The van der Waals surface area contributed by atoms with Crippen molar-refractivity contribution < 1.29 is 52.1 Å². The molecular weight excluding hydrogens is 668 g/mol. The summed E-state index contributed by atoms with van der Waals surface area (Å²) in [5.41, 5.74) is 3.05. The van der Waals surface area contributed by atoms with Gasteiger partial charge in [-0.05, 0) is 50.5 Å². The molecule has 52 heavy (non-hydrogen) atoms. The van der Waals surface area contributed by atoms with Gasteiger partial charge < -0.3 is 52.1 Å². The average Bonchev–Trinajstić information content (AvgIpc) is 3.68. The summed E-state index contributed by atoms with van der Waals surface area (Å²) in [6.07, 6.45) is -3.88. The average molecular weight is 721 g/mol. The molecule has 0 amide bonds. The summed E-state index contributed by atoms with van der Waals surface area (Å²) in [6.45, 7) is 8.93. The Morgan fingerprint density at radius 2 is 1.27 bits per heavy atom. The van der Waals surface area contributed by atoms with Crippen LogP contribution in [0.5, 0.6) is 0 Å². The van der Waals surface area contributed by atoms with Crippen LogP contribution >= 0.6 is 0 Å². The third-order valence-corrected chi connectivity index (χ3v) is 9.01. The van der Waals surface area contributed by atoms with Crippen LogP contribution in [0.1, 0.15) is 44.4 Å². The fourth-order valence-electron chi connectivity index (χ4n) is 6.60. The third kappa shape index (κ3) is 10.3. The van der Waals surface area contributed by atoms with Crippen molar-refractivity contribution in [2.24, 2.45) is 0 Å². The first-order valence-electron chi connectivity index (χ1n) is 17.8. The van der Waals surface area contributed by atoms with Gasteiger partial charge in [0.05, 0.1) is 26.4 Å². The van der Waals surface area contributed by atoms with Crippen LogP contribution in [0.2, 0.25) is 0 Å². The molecule has 0 N–H and O–H groups in total. The Kier molecular flexibility index (Phi) is 13.1. The third-order valence-electron chi connectivity index (χ3n) is 9.01. The molecular formula is C41H52O11. The molecule has 11 nitrogen and oxygen atoms in total. The summed E-state index contributed by atoms with van der Waals surface area (Å²) in [4.78, 5) is 0. The predicted octanol–water partition coefficient (Wildman–Crippen LogP) is 6.29. The summed E-state index contributed by atoms with van der Waals surface area (Å²) in [7, 11) is 3.12. The molecule has 3 heterocycles. The molecule has 2 saturated heterocycles. The van der Waals surface area contributed by atoms with Gasteiger partial charge in [-0.2, -0.15) is 0 Å². The Labute approximate surface area is 306 Å². The molecule has 0 bridgehead atoms. The van der Waals surface area contributed by atoms with Crippen LogP contribution in [0, 0.1) is 0 Å². The Balaban J connectivity index is 1.33. The van der Waals surface area contributed by atoms with Crippen LogP contribution in [-0.2, 0) is 71.9 Å². The molecule has 3 aliphatic heterocycles. The molecule has 7 atom stereocenters. The van der Waals surface area contributed by atoms with Crippen molar-refractivity contribution in [2.45, 2.75) is 108 Å². The SMILES string of the molecule is COC(OC)[C@@H]1OC(C)(C)O[C@H]1[C@H](O[C@@H]1O[C@H](COCc2ccccc2)C=C(OCc2ccccc2)[C@@H]1OCc1ccccc1)[C@H]1COC(C)(C)O1. The topological polar surface area (TPSA) is 102 Å². The quantitative estimate of drug-likeness (QED) is 0.147. The fraction of sp³-hybridized carbons (Fsp3) is 0.512. The molecule has 0 unspecified atom stereocenters. The van der Waals surface area contributed by atoms with Crippen LogP contribution in [0.4, 0.5) is 0 Å². The van der Waals surface area contributed by atoms with Gasteiger partial charge in [-0.1, -0.05) is 91.0 Å². The minimum absolute atomic E-state index is 0.243. The van der Waals surface area contributed by atoms with E-state index in [1.807, 2.05) is 125 Å². The second kappa shape index (κ2) is 17.7. The number of hydrogen-bond acceptors (Lipinski definition) is 11. The molecule has 0 spiro atoms. The molecule has 11 heteroatoms. The summed E-state index contributed by atoms with van der Waals surface area (Å²) in [5.74, 6) is -1.26. The molecule has 3 aliphatic rings. The first kappa shape index (κ1) is 38.5. The molecule has 0 aliphatic carbocycles. The van der Waals surface area contributed by atoms with Gasteiger partial charge in [-0.3, -0.25) is 0 Å². The molecule has 3 aromatic rings. The maximum Gasteiger partial charge on any atom is 0.192 e. The first-order chi connectivity index (χ1) is 25.1. The minimum Gasteiger partial charge on any atom is -0.491 e. The van der Waals surface area contributed by atoms with Crippen molar-refractivity contribution in [1.29, 1.82) is 0 Å². The van der Waals surface area contributed by atoms with Gasteiger partial charge in [0, 0.05) is 14.2 Å². The Bertz CT molecular complexity index is 1530. The molecule has 282 valence electrons. The Morgan fingerprint density at radius 3 is 1.85 bits per heavy atom. The highest BCUT2D eigenvalue weighted by Gasteiger charge is 2.55. The van der Waals surface area contributed by atoms with E-state index in [1.165, 1.54) is 0 Å². The molecule has 0 radical (unpaired) electrons. The van der Waals surface area contributed by atoms with E-state index in [2.05, 4.69) is 0 Å². The molecule has 0 saturated carbocycles. The van der Waals surface area contributed by atoms with Crippen molar-refractivity contribution in [3.05, 3.63) is 120 Å². The zero-order chi connectivity index (χ0) is 36.6. The van der Waals surface area contributed by atoms with Gasteiger partial charge in [0.15, 0.2) is 30.3 Å². The van der Waals surface area contributed by atoms with Crippen LogP contribution in [-0.4, -0.2) is 88.2 Å². The highest BCUT2D eigenvalue weighted by molar-refractivity contribution is 5.18. The van der Waals surface area contributed by atoms with Crippen molar-refractivity contribution in [3.8, 4) is 0 Å². The summed E-state index contributed by atoms with van der Waals surface area (Å²) < 4.78 is 70.0. The fourth-order valence-corrected chi connectivity index (χ4v) is 6.60.